The van der Waals surface area contributed by atoms with Crippen molar-refractivity contribution in [2.24, 2.45) is 0 Å². The van der Waals surface area contributed by atoms with Gasteiger partial charge in [-0.3, -0.25) is 9.59 Å². The third-order valence-corrected chi connectivity index (χ3v) is 4.33. The van der Waals surface area contributed by atoms with Crippen LogP contribution in [0.4, 0.5) is 0 Å². The van der Waals surface area contributed by atoms with Crippen molar-refractivity contribution in [3.63, 3.8) is 0 Å². The maximum absolute atomic E-state index is 11.9. The number of hydrogen-bond donors (Lipinski definition) is 2. The molecule has 0 aliphatic heterocycles. The summed E-state index contributed by atoms with van der Waals surface area (Å²) < 4.78 is 1.67. The number of rotatable bonds is 8. The molecule has 0 aromatic carbocycles. The Hall–Kier alpha value is -2.16. The quantitative estimate of drug-likeness (QED) is 0.679. The standard InChI is InChI=1S/C14H19N5O3S/c1-9-11(10(2)19-14(18-9)16-8-17-19)3-4-12(20)15-5-6-23-7-13(21)22/h8H,3-7H2,1-2H3,(H,15,20)(H,21,22). The number of thioether (sulfide) groups is 1. The van der Waals surface area contributed by atoms with Crippen LogP contribution in [0, 0.1) is 13.8 Å². The highest BCUT2D eigenvalue weighted by atomic mass is 32.2. The van der Waals surface area contributed by atoms with Crippen molar-refractivity contribution in [3.05, 3.63) is 23.3 Å². The van der Waals surface area contributed by atoms with Gasteiger partial charge in [-0.1, -0.05) is 0 Å². The van der Waals surface area contributed by atoms with E-state index in [1.165, 1.54) is 18.1 Å². The molecule has 0 saturated carbocycles. The van der Waals surface area contributed by atoms with E-state index < -0.39 is 5.97 Å². The van der Waals surface area contributed by atoms with Crippen LogP contribution in [0.1, 0.15) is 23.4 Å². The number of nitrogens with one attached hydrogen (secondary N) is 1. The lowest BCUT2D eigenvalue weighted by Crippen LogP contribution is -2.26. The summed E-state index contributed by atoms with van der Waals surface area (Å²) in [6, 6.07) is 0. The third-order valence-electron chi connectivity index (χ3n) is 3.38. The number of hydrogen-bond acceptors (Lipinski definition) is 6. The lowest BCUT2D eigenvalue weighted by molar-refractivity contribution is -0.133. The van der Waals surface area contributed by atoms with E-state index >= 15 is 0 Å². The van der Waals surface area contributed by atoms with Crippen molar-refractivity contribution in [3.8, 4) is 0 Å². The number of carbonyl (C=O) groups is 2. The fraction of sp³-hybridized carbons (Fsp3) is 0.500. The summed E-state index contributed by atoms with van der Waals surface area (Å²) in [5.74, 6) is 0.297. The lowest BCUT2D eigenvalue weighted by Gasteiger charge is -2.10. The summed E-state index contributed by atoms with van der Waals surface area (Å²) in [7, 11) is 0. The number of fused-ring (bicyclic) bond motifs is 1. The second-order valence-electron chi connectivity index (χ2n) is 5.03. The van der Waals surface area contributed by atoms with Gasteiger partial charge >= 0.3 is 5.97 Å². The lowest BCUT2D eigenvalue weighted by atomic mass is 10.1. The predicted octanol–water partition coefficient (Wildman–Crippen LogP) is 0.608. The molecule has 124 valence electrons. The number of carbonyl (C=O) groups excluding carboxylic acids is 1. The molecular formula is C14H19N5O3S. The van der Waals surface area contributed by atoms with Crippen LogP contribution < -0.4 is 5.32 Å². The van der Waals surface area contributed by atoms with Gasteiger partial charge in [-0.15, -0.1) is 11.8 Å². The topological polar surface area (TPSA) is 109 Å². The molecule has 23 heavy (non-hydrogen) atoms. The van der Waals surface area contributed by atoms with Crippen molar-refractivity contribution >= 4 is 29.4 Å². The molecule has 2 aromatic rings. The maximum Gasteiger partial charge on any atom is 0.313 e. The average Bonchev–Trinajstić information content (AvgIpc) is 2.94. The van der Waals surface area contributed by atoms with Gasteiger partial charge in [0.15, 0.2) is 0 Å². The molecule has 0 aliphatic rings. The van der Waals surface area contributed by atoms with Gasteiger partial charge in [0.05, 0.1) is 5.75 Å². The number of carboxylic acid groups (broad SMARTS) is 1. The van der Waals surface area contributed by atoms with Crippen molar-refractivity contribution in [2.75, 3.05) is 18.1 Å². The summed E-state index contributed by atoms with van der Waals surface area (Å²) in [5.41, 5.74) is 2.79. The van der Waals surface area contributed by atoms with Gasteiger partial charge in [0, 0.05) is 30.1 Å². The molecule has 0 radical (unpaired) electrons. The second-order valence-corrected chi connectivity index (χ2v) is 6.13. The molecule has 2 N–H and O–H groups in total. The first-order valence-corrected chi connectivity index (χ1v) is 8.36. The Morgan fingerprint density at radius 2 is 2.17 bits per heavy atom. The normalized spacial score (nSPS) is 10.9. The summed E-state index contributed by atoms with van der Waals surface area (Å²) in [6.07, 6.45) is 2.39. The average molecular weight is 337 g/mol. The summed E-state index contributed by atoms with van der Waals surface area (Å²) >= 11 is 1.28. The van der Waals surface area contributed by atoms with Gasteiger partial charge in [-0.25, -0.2) is 9.50 Å². The van der Waals surface area contributed by atoms with Gasteiger partial charge in [-0.05, 0) is 25.8 Å². The third kappa shape index (κ3) is 4.65. The van der Waals surface area contributed by atoms with E-state index in [4.69, 9.17) is 5.11 Å². The fourth-order valence-electron chi connectivity index (χ4n) is 2.27. The van der Waals surface area contributed by atoms with Gasteiger partial charge in [0.2, 0.25) is 5.91 Å². The maximum atomic E-state index is 11.9. The van der Waals surface area contributed by atoms with E-state index in [9.17, 15) is 9.59 Å². The molecule has 0 saturated heterocycles. The van der Waals surface area contributed by atoms with E-state index in [0.717, 1.165) is 17.0 Å². The number of carboxylic acids is 1. The Balaban J connectivity index is 1.83. The minimum atomic E-state index is -0.844. The molecule has 9 heteroatoms. The van der Waals surface area contributed by atoms with Crippen molar-refractivity contribution in [2.45, 2.75) is 26.7 Å². The van der Waals surface area contributed by atoms with E-state index in [1.807, 2.05) is 13.8 Å². The molecule has 8 nitrogen and oxygen atoms in total. The molecule has 0 spiro atoms. The molecule has 2 heterocycles. The first-order chi connectivity index (χ1) is 11.0. The van der Waals surface area contributed by atoms with Gasteiger partial charge < -0.3 is 10.4 Å². The van der Waals surface area contributed by atoms with Crippen LogP contribution in [-0.4, -0.2) is 54.6 Å². The largest absolute Gasteiger partial charge is 0.481 e. The molecule has 2 rings (SSSR count). The first-order valence-electron chi connectivity index (χ1n) is 7.21. The highest BCUT2D eigenvalue weighted by molar-refractivity contribution is 7.99. The Bertz CT molecular complexity index is 716. The summed E-state index contributed by atoms with van der Waals surface area (Å²) in [6.45, 7) is 4.30. The number of aromatic nitrogens is 4. The number of aryl methyl sites for hydroxylation is 2. The molecule has 0 atom stereocenters. The summed E-state index contributed by atoms with van der Waals surface area (Å²) in [5, 5.41) is 15.4. The minimum absolute atomic E-state index is 0.0534. The number of nitrogens with zero attached hydrogens (tertiary/aromatic N) is 4. The van der Waals surface area contributed by atoms with Gasteiger partial charge in [-0.2, -0.15) is 10.1 Å². The predicted molar refractivity (Wildman–Crippen MR) is 86.5 cm³/mol. The van der Waals surface area contributed by atoms with Crippen LogP contribution in [0.3, 0.4) is 0 Å². The van der Waals surface area contributed by atoms with E-state index in [0.29, 0.717) is 30.9 Å². The molecule has 0 bridgehead atoms. The fourth-order valence-corrected chi connectivity index (χ4v) is 2.83. The van der Waals surface area contributed by atoms with Crippen LogP contribution in [0.5, 0.6) is 0 Å². The van der Waals surface area contributed by atoms with E-state index in [-0.39, 0.29) is 11.7 Å². The Labute approximate surface area is 137 Å². The van der Waals surface area contributed by atoms with Crippen LogP contribution in [-0.2, 0) is 16.0 Å². The van der Waals surface area contributed by atoms with Crippen molar-refractivity contribution in [1.29, 1.82) is 0 Å². The number of amides is 1. The van der Waals surface area contributed by atoms with Crippen LogP contribution in [0.25, 0.3) is 5.78 Å². The SMILES string of the molecule is Cc1nc2ncnn2c(C)c1CCC(=O)NCCSCC(=O)O. The molecular weight excluding hydrogens is 318 g/mol. The monoisotopic (exact) mass is 337 g/mol. The smallest absolute Gasteiger partial charge is 0.313 e. The van der Waals surface area contributed by atoms with Crippen molar-refractivity contribution in [1.82, 2.24) is 24.9 Å². The van der Waals surface area contributed by atoms with E-state index in [1.54, 1.807) is 4.52 Å². The highest BCUT2D eigenvalue weighted by Crippen LogP contribution is 2.14. The van der Waals surface area contributed by atoms with Gasteiger partial charge in [0.25, 0.3) is 5.78 Å². The van der Waals surface area contributed by atoms with Gasteiger partial charge in [0.1, 0.15) is 6.33 Å². The molecule has 2 aromatic heterocycles. The zero-order chi connectivity index (χ0) is 16.8. The molecule has 0 fully saturated rings. The Morgan fingerprint density at radius 1 is 1.39 bits per heavy atom. The zero-order valence-electron chi connectivity index (χ0n) is 13.1. The van der Waals surface area contributed by atoms with Crippen LogP contribution in [0.15, 0.2) is 6.33 Å². The Morgan fingerprint density at radius 3 is 2.91 bits per heavy atom. The van der Waals surface area contributed by atoms with Crippen molar-refractivity contribution < 1.29 is 14.7 Å². The molecule has 0 unspecified atom stereocenters. The highest BCUT2D eigenvalue weighted by Gasteiger charge is 2.12. The van der Waals surface area contributed by atoms with Crippen LogP contribution in [0.2, 0.25) is 0 Å². The molecule has 0 aliphatic carbocycles. The van der Waals surface area contributed by atoms with Crippen LogP contribution >= 0.6 is 11.8 Å². The molecule has 1 amide bonds. The second kappa shape index (κ2) is 7.91. The Kier molecular flexibility index (Phi) is 5.91. The first kappa shape index (κ1) is 17.2. The minimum Gasteiger partial charge on any atom is -0.481 e. The van der Waals surface area contributed by atoms with E-state index in [2.05, 4.69) is 20.4 Å². The zero-order valence-corrected chi connectivity index (χ0v) is 13.9. The number of aliphatic carboxylic acids is 1. The summed E-state index contributed by atoms with van der Waals surface area (Å²) in [4.78, 5) is 30.7.